The van der Waals surface area contributed by atoms with E-state index in [1.165, 1.54) is 44.9 Å². The van der Waals surface area contributed by atoms with Crippen LogP contribution in [0.3, 0.4) is 0 Å². The van der Waals surface area contributed by atoms with Gasteiger partial charge in [-0.2, -0.15) is 0 Å². The summed E-state index contributed by atoms with van der Waals surface area (Å²) in [6.07, 6.45) is 11.1. The number of hydrogen-bond donors (Lipinski definition) is 1. The normalized spacial score (nSPS) is 10.6. The predicted molar refractivity (Wildman–Crippen MR) is 79.4 cm³/mol. The van der Waals surface area contributed by atoms with Crippen molar-refractivity contribution in [3.63, 3.8) is 0 Å². The first kappa shape index (κ1) is 16.0. The van der Waals surface area contributed by atoms with Gasteiger partial charge in [0.25, 0.3) is 0 Å². The Labute approximate surface area is 117 Å². The zero-order chi connectivity index (χ0) is 13.6. The summed E-state index contributed by atoms with van der Waals surface area (Å²) in [5, 5.41) is 8.66. The Kier molecular flexibility index (Phi) is 10.2. The summed E-state index contributed by atoms with van der Waals surface area (Å²) < 4.78 is 5.63. The van der Waals surface area contributed by atoms with Crippen molar-refractivity contribution in [1.29, 1.82) is 0 Å². The van der Waals surface area contributed by atoms with Crippen molar-refractivity contribution in [1.82, 2.24) is 0 Å². The van der Waals surface area contributed by atoms with Gasteiger partial charge in [-0.25, -0.2) is 0 Å². The van der Waals surface area contributed by atoms with Gasteiger partial charge in [-0.3, -0.25) is 0 Å². The van der Waals surface area contributed by atoms with Gasteiger partial charge in [0.2, 0.25) is 0 Å². The summed E-state index contributed by atoms with van der Waals surface area (Å²) in [5.74, 6) is 0.947. The van der Waals surface area contributed by atoms with Gasteiger partial charge in [0, 0.05) is 6.61 Å². The van der Waals surface area contributed by atoms with Crippen LogP contribution in [0.25, 0.3) is 0 Å². The van der Waals surface area contributed by atoms with E-state index in [9.17, 15) is 0 Å². The molecule has 0 fully saturated rings. The van der Waals surface area contributed by atoms with E-state index in [0.717, 1.165) is 25.2 Å². The highest BCUT2D eigenvalue weighted by atomic mass is 16.5. The number of unbranched alkanes of at least 4 members (excludes halogenated alkanes) is 8. The van der Waals surface area contributed by atoms with Gasteiger partial charge in [-0.1, -0.05) is 57.1 Å². The number of aliphatic hydroxyl groups excluding tert-OH is 1. The number of rotatable bonds is 12. The highest BCUT2D eigenvalue weighted by Crippen LogP contribution is 2.11. The molecule has 0 spiro atoms. The summed E-state index contributed by atoms with van der Waals surface area (Å²) in [6.45, 7) is 1.17. The molecule has 2 heteroatoms. The summed E-state index contributed by atoms with van der Waals surface area (Å²) in [4.78, 5) is 0. The lowest BCUT2D eigenvalue weighted by atomic mass is 10.1. The van der Waals surface area contributed by atoms with Crippen molar-refractivity contribution in [3.05, 3.63) is 30.3 Å². The maximum atomic E-state index is 8.66. The van der Waals surface area contributed by atoms with Crippen molar-refractivity contribution in [3.8, 4) is 5.75 Å². The van der Waals surface area contributed by atoms with Gasteiger partial charge in [0.15, 0.2) is 0 Å². The minimum atomic E-state index is 0.347. The van der Waals surface area contributed by atoms with Crippen molar-refractivity contribution in [2.45, 2.75) is 57.8 Å². The van der Waals surface area contributed by atoms with Crippen molar-refractivity contribution in [2.24, 2.45) is 0 Å². The number of benzene rings is 1. The third-order valence-corrected chi connectivity index (χ3v) is 3.26. The Morgan fingerprint density at radius 3 is 1.89 bits per heavy atom. The van der Waals surface area contributed by atoms with E-state index in [1.807, 2.05) is 24.3 Å². The molecule has 19 heavy (non-hydrogen) atoms. The average molecular weight is 263 g/mol. The summed E-state index contributed by atoms with van der Waals surface area (Å²) in [5.41, 5.74) is 0. The smallest absolute Gasteiger partial charge is 0.119 e. The monoisotopic (exact) mass is 263 g/mol. The van der Waals surface area contributed by atoms with Gasteiger partial charge in [0.1, 0.15) is 5.75 Å². The molecule has 1 radical (unpaired) electrons. The van der Waals surface area contributed by atoms with Gasteiger partial charge < -0.3 is 9.84 Å². The van der Waals surface area contributed by atoms with Crippen molar-refractivity contribution in [2.75, 3.05) is 13.2 Å². The molecule has 0 unspecified atom stereocenters. The third kappa shape index (κ3) is 9.54. The molecule has 0 aromatic heterocycles. The second-order valence-corrected chi connectivity index (χ2v) is 4.99. The van der Waals surface area contributed by atoms with Crippen LogP contribution in [0.2, 0.25) is 0 Å². The first-order valence-corrected chi connectivity index (χ1v) is 7.63. The standard InChI is InChI=1S/C17H27O2/c18-15-11-6-4-2-1-3-5-7-12-16-19-17-13-9-8-10-14-17/h9-10,13-14,18H,1-7,11-12,15-16H2. The van der Waals surface area contributed by atoms with Crippen LogP contribution in [0.15, 0.2) is 24.3 Å². The Morgan fingerprint density at radius 1 is 0.789 bits per heavy atom. The Bertz CT molecular complexity index is 285. The van der Waals surface area contributed by atoms with E-state index in [-0.39, 0.29) is 0 Å². The maximum absolute atomic E-state index is 8.66. The fraction of sp³-hybridized carbons (Fsp3) is 0.647. The lowest BCUT2D eigenvalue weighted by Gasteiger charge is -2.05. The molecule has 0 aliphatic rings. The number of ether oxygens (including phenoxy) is 1. The molecule has 0 aliphatic carbocycles. The minimum Gasteiger partial charge on any atom is -0.494 e. The summed E-state index contributed by atoms with van der Waals surface area (Å²) >= 11 is 0. The van der Waals surface area contributed by atoms with E-state index >= 15 is 0 Å². The van der Waals surface area contributed by atoms with Crippen LogP contribution in [0.1, 0.15) is 57.8 Å². The lowest BCUT2D eigenvalue weighted by Crippen LogP contribution is -1.96. The summed E-state index contributed by atoms with van der Waals surface area (Å²) in [6, 6.07) is 10.6. The van der Waals surface area contributed by atoms with Gasteiger partial charge in [-0.15, -0.1) is 0 Å². The number of hydrogen-bond acceptors (Lipinski definition) is 2. The molecule has 107 valence electrons. The average Bonchev–Trinajstić information content (AvgIpc) is 2.46. The Morgan fingerprint density at radius 2 is 1.32 bits per heavy atom. The summed E-state index contributed by atoms with van der Waals surface area (Å²) in [7, 11) is 0. The molecule has 0 saturated carbocycles. The highest BCUT2D eigenvalue weighted by molar-refractivity contribution is 5.20. The van der Waals surface area contributed by atoms with Crippen LogP contribution in [-0.2, 0) is 0 Å². The minimum absolute atomic E-state index is 0.347. The molecule has 2 nitrogen and oxygen atoms in total. The first-order valence-electron chi connectivity index (χ1n) is 7.63. The molecular weight excluding hydrogens is 236 g/mol. The Balaban J connectivity index is 1.79. The molecule has 0 heterocycles. The number of aliphatic hydroxyl groups is 1. The van der Waals surface area contributed by atoms with Crippen LogP contribution in [0.5, 0.6) is 5.75 Å². The lowest BCUT2D eigenvalue weighted by molar-refractivity contribution is 0.282. The maximum Gasteiger partial charge on any atom is 0.119 e. The molecule has 0 atom stereocenters. The molecule has 1 aromatic rings. The van der Waals surface area contributed by atoms with Gasteiger partial charge >= 0.3 is 0 Å². The van der Waals surface area contributed by atoms with Crippen LogP contribution >= 0.6 is 0 Å². The third-order valence-electron chi connectivity index (χ3n) is 3.26. The van der Waals surface area contributed by atoms with E-state index in [0.29, 0.717) is 6.61 Å². The molecule has 1 N–H and O–H groups in total. The van der Waals surface area contributed by atoms with Crippen LogP contribution in [0, 0.1) is 6.07 Å². The molecule has 1 aromatic carbocycles. The quantitative estimate of drug-likeness (QED) is 0.567. The van der Waals surface area contributed by atoms with Crippen LogP contribution in [-0.4, -0.2) is 18.3 Å². The van der Waals surface area contributed by atoms with Crippen molar-refractivity contribution < 1.29 is 9.84 Å². The van der Waals surface area contributed by atoms with E-state index in [4.69, 9.17) is 9.84 Å². The molecule has 0 saturated heterocycles. The zero-order valence-electron chi connectivity index (χ0n) is 11.9. The second kappa shape index (κ2) is 12.0. The van der Waals surface area contributed by atoms with Crippen molar-refractivity contribution >= 4 is 0 Å². The first-order chi connectivity index (χ1) is 9.43. The topological polar surface area (TPSA) is 29.5 Å². The molecular formula is C17H27O2. The fourth-order valence-electron chi connectivity index (χ4n) is 2.11. The van der Waals surface area contributed by atoms with Gasteiger partial charge in [0.05, 0.1) is 6.61 Å². The van der Waals surface area contributed by atoms with Crippen LogP contribution < -0.4 is 4.74 Å². The predicted octanol–water partition coefficient (Wildman–Crippen LogP) is 4.37. The zero-order valence-corrected chi connectivity index (χ0v) is 11.9. The van der Waals surface area contributed by atoms with E-state index < -0.39 is 0 Å². The fourth-order valence-corrected chi connectivity index (χ4v) is 2.11. The molecule has 0 amide bonds. The largest absolute Gasteiger partial charge is 0.494 e. The molecule has 0 aliphatic heterocycles. The molecule has 1 rings (SSSR count). The SMILES string of the molecule is OCCCCCCCCCCCOc1cc[c]cc1. The van der Waals surface area contributed by atoms with E-state index in [2.05, 4.69) is 6.07 Å². The molecule has 0 bridgehead atoms. The van der Waals surface area contributed by atoms with Gasteiger partial charge in [-0.05, 0) is 31.0 Å². The van der Waals surface area contributed by atoms with E-state index in [1.54, 1.807) is 0 Å². The Hall–Kier alpha value is -1.02. The highest BCUT2D eigenvalue weighted by Gasteiger charge is 1.94. The van der Waals surface area contributed by atoms with Crippen LogP contribution in [0.4, 0.5) is 0 Å². The second-order valence-electron chi connectivity index (χ2n) is 4.99.